The summed E-state index contributed by atoms with van der Waals surface area (Å²) in [5.74, 6) is 1.62. The van der Waals surface area contributed by atoms with Crippen LogP contribution in [0.1, 0.15) is 4.88 Å². The van der Waals surface area contributed by atoms with Crippen molar-refractivity contribution in [2.24, 2.45) is 0 Å². The van der Waals surface area contributed by atoms with Gasteiger partial charge in [-0.05, 0) is 6.92 Å². The largest absolute Gasteiger partial charge is 0.485 e. The molecule has 0 amide bonds. The van der Waals surface area contributed by atoms with Gasteiger partial charge in [-0.3, -0.25) is 0 Å². The molecule has 12 heavy (non-hydrogen) atoms. The molecule has 4 heteroatoms. The molecular weight excluding hydrogens is 176 g/mol. The SMILES string of the molecule is COc1sc(C)c2c1OCCO2. The first-order chi connectivity index (χ1) is 5.83. The van der Waals surface area contributed by atoms with Gasteiger partial charge in [-0.1, -0.05) is 11.3 Å². The number of ether oxygens (including phenoxy) is 3. The number of thiophene rings is 1. The van der Waals surface area contributed by atoms with Crippen LogP contribution in [-0.2, 0) is 0 Å². The monoisotopic (exact) mass is 186 g/mol. The Balaban J connectivity index is 2.47. The second-order valence-electron chi connectivity index (χ2n) is 2.51. The molecule has 0 fully saturated rings. The highest BCUT2D eigenvalue weighted by Gasteiger charge is 2.22. The van der Waals surface area contributed by atoms with Crippen molar-refractivity contribution >= 4 is 11.3 Å². The highest BCUT2D eigenvalue weighted by atomic mass is 32.1. The van der Waals surface area contributed by atoms with Gasteiger partial charge >= 0.3 is 0 Å². The smallest absolute Gasteiger partial charge is 0.221 e. The van der Waals surface area contributed by atoms with Crippen LogP contribution in [-0.4, -0.2) is 20.3 Å². The quantitative estimate of drug-likeness (QED) is 0.669. The summed E-state index contributed by atoms with van der Waals surface area (Å²) < 4.78 is 16.0. The number of methoxy groups -OCH3 is 1. The molecule has 0 saturated carbocycles. The normalized spacial score (nSPS) is 14.5. The molecule has 0 spiro atoms. The Morgan fingerprint density at radius 3 is 2.58 bits per heavy atom. The molecule has 2 heterocycles. The fraction of sp³-hybridized carbons (Fsp3) is 0.500. The van der Waals surface area contributed by atoms with E-state index < -0.39 is 0 Å². The van der Waals surface area contributed by atoms with Crippen LogP contribution >= 0.6 is 11.3 Å². The minimum atomic E-state index is 0.611. The van der Waals surface area contributed by atoms with E-state index in [9.17, 15) is 0 Å². The molecule has 0 radical (unpaired) electrons. The summed E-state index contributed by atoms with van der Waals surface area (Å²) in [7, 11) is 1.64. The van der Waals surface area contributed by atoms with Gasteiger partial charge in [0.1, 0.15) is 13.2 Å². The Hall–Kier alpha value is -0.900. The van der Waals surface area contributed by atoms with Gasteiger partial charge in [0.05, 0.1) is 12.0 Å². The lowest BCUT2D eigenvalue weighted by atomic mass is 10.4. The fourth-order valence-electron chi connectivity index (χ4n) is 1.20. The van der Waals surface area contributed by atoms with Gasteiger partial charge in [-0.2, -0.15) is 0 Å². The predicted molar refractivity (Wildman–Crippen MR) is 46.6 cm³/mol. The number of rotatable bonds is 1. The van der Waals surface area contributed by atoms with Crippen molar-refractivity contribution in [3.63, 3.8) is 0 Å². The lowest BCUT2D eigenvalue weighted by molar-refractivity contribution is 0.167. The van der Waals surface area contributed by atoms with Crippen LogP contribution in [0.5, 0.6) is 16.6 Å². The average molecular weight is 186 g/mol. The predicted octanol–water partition coefficient (Wildman–Crippen LogP) is 1.84. The molecule has 0 saturated heterocycles. The van der Waals surface area contributed by atoms with Crippen LogP contribution in [0.3, 0.4) is 0 Å². The molecule has 1 aliphatic heterocycles. The zero-order valence-corrected chi connectivity index (χ0v) is 7.86. The third-order valence-corrected chi connectivity index (χ3v) is 2.75. The summed E-state index contributed by atoms with van der Waals surface area (Å²) in [6.07, 6.45) is 0. The maximum atomic E-state index is 5.44. The molecule has 0 bridgehead atoms. The van der Waals surface area contributed by atoms with Crippen molar-refractivity contribution in [3.05, 3.63) is 4.88 Å². The number of hydrogen-bond donors (Lipinski definition) is 0. The standard InChI is InChI=1S/C8H10O3S/c1-5-6-7(8(9-2)12-5)11-4-3-10-6/h3-4H2,1-2H3. The minimum Gasteiger partial charge on any atom is -0.485 e. The summed E-state index contributed by atoms with van der Waals surface area (Å²) in [4.78, 5) is 1.11. The number of aryl methyl sites for hydroxylation is 1. The first-order valence-corrected chi connectivity index (χ1v) is 4.57. The van der Waals surface area contributed by atoms with Crippen molar-refractivity contribution < 1.29 is 14.2 Å². The van der Waals surface area contributed by atoms with Crippen LogP contribution in [0.25, 0.3) is 0 Å². The third-order valence-electron chi connectivity index (χ3n) is 1.72. The Labute approximate surface area is 74.9 Å². The van der Waals surface area contributed by atoms with Crippen molar-refractivity contribution in [1.29, 1.82) is 0 Å². The molecule has 3 nitrogen and oxygen atoms in total. The van der Waals surface area contributed by atoms with Gasteiger partial charge in [0.25, 0.3) is 0 Å². The summed E-state index contributed by atoms with van der Waals surface area (Å²) in [5.41, 5.74) is 0. The van der Waals surface area contributed by atoms with Crippen LogP contribution in [0.2, 0.25) is 0 Å². The zero-order chi connectivity index (χ0) is 8.55. The number of hydrogen-bond acceptors (Lipinski definition) is 4. The molecule has 0 unspecified atom stereocenters. The van der Waals surface area contributed by atoms with Gasteiger partial charge in [0.15, 0.2) is 5.75 Å². The van der Waals surface area contributed by atoms with E-state index in [-0.39, 0.29) is 0 Å². The first kappa shape index (κ1) is 7.73. The highest BCUT2D eigenvalue weighted by Crippen LogP contribution is 2.48. The molecule has 0 atom stereocenters. The molecule has 0 aromatic carbocycles. The summed E-state index contributed by atoms with van der Waals surface area (Å²) >= 11 is 1.56. The second kappa shape index (κ2) is 2.86. The molecule has 1 aromatic heterocycles. The van der Waals surface area contributed by atoms with Crippen molar-refractivity contribution in [2.45, 2.75) is 6.92 Å². The minimum absolute atomic E-state index is 0.611. The van der Waals surface area contributed by atoms with Crippen molar-refractivity contribution in [2.75, 3.05) is 20.3 Å². The van der Waals surface area contributed by atoms with E-state index in [4.69, 9.17) is 14.2 Å². The fourth-order valence-corrected chi connectivity index (χ4v) is 2.05. The Morgan fingerprint density at radius 1 is 1.25 bits per heavy atom. The molecule has 1 aromatic rings. The van der Waals surface area contributed by atoms with E-state index in [2.05, 4.69) is 0 Å². The lowest BCUT2D eigenvalue weighted by Crippen LogP contribution is -2.14. The first-order valence-electron chi connectivity index (χ1n) is 3.76. The third kappa shape index (κ3) is 1.03. The van der Waals surface area contributed by atoms with Crippen LogP contribution in [0, 0.1) is 6.92 Å². The Kier molecular flexibility index (Phi) is 1.84. The maximum absolute atomic E-state index is 5.44. The Bertz CT molecular complexity index is 293. The number of fused-ring (bicyclic) bond motifs is 1. The zero-order valence-electron chi connectivity index (χ0n) is 7.05. The average Bonchev–Trinajstić information content (AvgIpc) is 2.44. The molecule has 0 aliphatic carbocycles. The van der Waals surface area contributed by atoms with E-state index in [1.54, 1.807) is 18.4 Å². The molecule has 66 valence electrons. The second-order valence-corrected chi connectivity index (χ2v) is 3.69. The highest BCUT2D eigenvalue weighted by molar-refractivity contribution is 7.14. The van der Waals surface area contributed by atoms with Gasteiger partial charge in [0, 0.05) is 0 Å². The van der Waals surface area contributed by atoms with E-state index in [0.717, 1.165) is 21.4 Å². The summed E-state index contributed by atoms with van der Waals surface area (Å²) in [5, 5.41) is 0.808. The van der Waals surface area contributed by atoms with E-state index in [0.29, 0.717) is 13.2 Å². The van der Waals surface area contributed by atoms with Crippen molar-refractivity contribution in [1.82, 2.24) is 0 Å². The molecular formula is C8H10O3S. The van der Waals surface area contributed by atoms with Gasteiger partial charge < -0.3 is 14.2 Å². The van der Waals surface area contributed by atoms with E-state index in [1.807, 2.05) is 6.92 Å². The van der Waals surface area contributed by atoms with Crippen LogP contribution < -0.4 is 14.2 Å². The molecule has 1 aliphatic rings. The summed E-state index contributed by atoms with van der Waals surface area (Å²) in [6, 6.07) is 0. The summed E-state index contributed by atoms with van der Waals surface area (Å²) in [6.45, 7) is 3.24. The van der Waals surface area contributed by atoms with Crippen LogP contribution in [0.4, 0.5) is 0 Å². The van der Waals surface area contributed by atoms with E-state index in [1.165, 1.54) is 0 Å². The maximum Gasteiger partial charge on any atom is 0.221 e. The van der Waals surface area contributed by atoms with E-state index >= 15 is 0 Å². The molecule has 0 N–H and O–H groups in total. The topological polar surface area (TPSA) is 27.7 Å². The van der Waals surface area contributed by atoms with Gasteiger partial charge in [-0.15, -0.1) is 0 Å². The van der Waals surface area contributed by atoms with Gasteiger partial charge in [-0.25, -0.2) is 0 Å². The van der Waals surface area contributed by atoms with Crippen molar-refractivity contribution in [3.8, 4) is 16.6 Å². The Morgan fingerprint density at radius 2 is 1.92 bits per heavy atom. The van der Waals surface area contributed by atoms with Gasteiger partial charge in [0.2, 0.25) is 10.8 Å². The van der Waals surface area contributed by atoms with Crippen LogP contribution in [0.15, 0.2) is 0 Å². The lowest BCUT2D eigenvalue weighted by Gasteiger charge is -2.15. The molecule has 2 rings (SSSR count).